The number of nitrogens with one attached hydrogen (secondary N) is 1. The predicted octanol–water partition coefficient (Wildman–Crippen LogP) is 2.76. The molecule has 0 radical (unpaired) electrons. The minimum atomic E-state index is -0.127. The Morgan fingerprint density at radius 3 is 2.41 bits per heavy atom. The monoisotopic (exact) mass is 248 g/mol. The van der Waals surface area contributed by atoms with E-state index in [1.165, 1.54) is 0 Å². The number of pyridine rings is 1. The molecule has 1 unspecified atom stereocenters. The van der Waals surface area contributed by atoms with Crippen molar-refractivity contribution >= 4 is 27.4 Å². The smallest absolute Gasteiger partial charge is 0.254 e. The Labute approximate surface area is 104 Å². The van der Waals surface area contributed by atoms with E-state index in [9.17, 15) is 4.79 Å². The maximum Gasteiger partial charge on any atom is 0.254 e. The number of hydrogen-bond donors (Lipinski definition) is 1. The van der Waals surface area contributed by atoms with E-state index >= 15 is 0 Å². The van der Waals surface area contributed by atoms with Gasteiger partial charge in [0.15, 0.2) is 0 Å². The van der Waals surface area contributed by atoms with Crippen LogP contribution in [-0.2, 0) is 6.42 Å². The molecule has 1 aromatic heterocycles. The van der Waals surface area contributed by atoms with Crippen molar-refractivity contribution in [3.63, 3.8) is 0 Å². The number of carbonyl (C=O) groups is 1. The first-order chi connectivity index (χ1) is 8.10. The minimum Gasteiger partial charge on any atom is -0.337 e. The number of nitrogens with zero attached hydrogens (tertiary/aromatic N) is 1. The summed E-state index contributed by atoms with van der Waals surface area (Å²) in [6.45, 7) is 11.3. The maximum absolute atomic E-state index is 11.9. The van der Waals surface area contributed by atoms with Gasteiger partial charge in [-0.3, -0.25) is 4.79 Å². The SMILES string of the molecule is C=Cc1nc(C=C)c(CC)c(C(=O)NP)c1C. The van der Waals surface area contributed by atoms with Gasteiger partial charge in [0, 0.05) is 5.56 Å². The molecule has 17 heavy (non-hydrogen) atoms. The van der Waals surface area contributed by atoms with E-state index in [0.29, 0.717) is 5.56 Å². The molecule has 90 valence electrons. The van der Waals surface area contributed by atoms with Crippen molar-refractivity contribution < 1.29 is 4.79 Å². The molecule has 1 atom stereocenters. The zero-order valence-electron chi connectivity index (χ0n) is 10.2. The van der Waals surface area contributed by atoms with E-state index < -0.39 is 0 Å². The average molecular weight is 248 g/mol. The van der Waals surface area contributed by atoms with Crippen LogP contribution in [0.1, 0.15) is 39.8 Å². The van der Waals surface area contributed by atoms with Gasteiger partial charge in [0.2, 0.25) is 0 Å². The zero-order chi connectivity index (χ0) is 13.0. The lowest BCUT2D eigenvalue weighted by Gasteiger charge is -2.14. The van der Waals surface area contributed by atoms with Crippen molar-refractivity contribution in [3.8, 4) is 0 Å². The Morgan fingerprint density at radius 2 is 2.00 bits per heavy atom. The number of aromatic nitrogens is 1. The van der Waals surface area contributed by atoms with Crippen LogP contribution < -0.4 is 5.09 Å². The molecule has 0 saturated heterocycles. The molecule has 1 heterocycles. The van der Waals surface area contributed by atoms with Gasteiger partial charge in [0.25, 0.3) is 5.91 Å². The van der Waals surface area contributed by atoms with Crippen LogP contribution >= 0.6 is 9.39 Å². The molecule has 1 amide bonds. The summed E-state index contributed by atoms with van der Waals surface area (Å²) in [5.74, 6) is -0.127. The number of hydrogen-bond acceptors (Lipinski definition) is 2. The molecule has 0 bridgehead atoms. The van der Waals surface area contributed by atoms with Crippen LogP contribution in [0.2, 0.25) is 0 Å². The van der Waals surface area contributed by atoms with Crippen molar-refractivity contribution in [1.82, 2.24) is 10.1 Å². The molecule has 0 aliphatic heterocycles. The van der Waals surface area contributed by atoms with Crippen LogP contribution in [0.15, 0.2) is 13.2 Å². The second-order valence-electron chi connectivity index (χ2n) is 3.60. The van der Waals surface area contributed by atoms with Gasteiger partial charge in [-0.15, -0.1) is 0 Å². The summed E-state index contributed by atoms with van der Waals surface area (Å²) in [6, 6.07) is 0. The molecular weight excluding hydrogens is 231 g/mol. The van der Waals surface area contributed by atoms with E-state index in [1.807, 2.05) is 13.8 Å². The zero-order valence-corrected chi connectivity index (χ0v) is 11.4. The van der Waals surface area contributed by atoms with E-state index in [4.69, 9.17) is 0 Å². The summed E-state index contributed by atoms with van der Waals surface area (Å²) < 4.78 is 0. The highest BCUT2D eigenvalue weighted by molar-refractivity contribution is 7.15. The molecule has 1 N–H and O–H groups in total. The van der Waals surface area contributed by atoms with Crippen LogP contribution in [0.3, 0.4) is 0 Å². The fraction of sp³-hybridized carbons (Fsp3) is 0.231. The lowest BCUT2D eigenvalue weighted by atomic mass is 9.96. The van der Waals surface area contributed by atoms with Crippen molar-refractivity contribution in [2.75, 3.05) is 0 Å². The molecule has 0 aliphatic rings. The van der Waals surface area contributed by atoms with Gasteiger partial charge >= 0.3 is 0 Å². The number of rotatable bonds is 4. The number of amides is 1. The van der Waals surface area contributed by atoms with E-state index in [0.717, 1.165) is 28.9 Å². The van der Waals surface area contributed by atoms with E-state index in [-0.39, 0.29) is 5.91 Å². The third-order valence-corrected chi connectivity index (χ3v) is 2.97. The summed E-state index contributed by atoms with van der Waals surface area (Å²) in [7, 11) is 2.22. The molecule has 1 rings (SSSR count). The highest BCUT2D eigenvalue weighted by atomic mass is 31.0. The summed E-state index contributed by atoms with van der Waals surface area (Å²) in [6.07, 6.45) is 4.06. The van der Waals surface area contributed by atoms with Gasteiger partial charge in [-0.1, -0.05) is 20.1 Å². The van der Waals surface area contributed by atoms with Crippen LogP contribution in [0.4, 0.5) is 0 Å². The quantitative estimate of drug-likeness (QED) is 0.832. The first-order valence-electron chi connectivity index (χ1n) is 5.39. The van der Waals surface area contributed by atoms with Crippen molar-refractivity contribution in [2.24, 2.45) is 0 Å². The normalized spacial score (nSPS) is 9.82. The Kier molecular flexibility index (Phi) is 4.59. The summed E-state index contributed by atoms with van der Waals surface area (Å²) in [4.78, 5) is 16.4. The van der Waals surface area contributed by atoms with Gasteiger partial charge in [-0.25, -0.2) is 4.98 Å². The largest absolute Gasteiger partial charge is 0.337 e. The molecule has 0 aliphatic carbocycles. The Balaban J connectivity index is 3.67. The van der Waals surface area contributed by atoms with Crippen molar-refractivity contribution in [1.29, 1.82) is 0 Å². The Bertz CT molecular complexity index is 481. The third-order valence-electron chi connectivity index (χ3n) is 2.71. The molecule has 4 heteroatoms. The van der Waals surface area contributed by atoms with Gasteiger partial charge in [-0.05, 0) is 46.0 Å². The van der Waals surface area contributed by atoms with Gasteiger partial charge in [-0.2, -0.15) is 0 Å². The highest BCUT2D eigenvalue weighted by Crippen LogP contribution is 2.23. The molecule has 3 nitrogen and oxygen atoms in total. The first kappa shape index (κ1) is 13.6. The molecule has 0 spiro atoms. The molecular formula is C13H17N2OP. The van der Waals surface area contributed by atoms with Crippen molar-refractivity contribution in [2.45, 2.75) is 20.3 Å². The summed E-state index contributed by atoms with van der Waals surface area (Å²) >= 11 is 0. The van der Waals surface area contributed by atoms with Gasteiger partial charge in [0.1, 0.15) is 0 Å². The molecule has 0 saturated carbocycles. The van der Waals surface area contributed by atoms with E-state index in [2.05, 4.69) is 32.6 Å². The molecule has 1 aromatic rings. The lowest BCUT2D eigenvalue weighted by molar-refractivity contribution is 0.0982. The van der Waals surface area contributed by atoms with Gasteiger partial charge in [0.05, 0.1) is 11.4 Å². The summed E-state index contributed by atoms with van der Waals surface area (Å²) in [5, 5.41) is 2.58. The topological polar surface area (TPSA) is 42.0 Å². The maximum atomic E-state index is 11.9. The van der Waals surface area contributed by atoms with Crippen LogP contribution in [-0.4, -0.2) is 10.9 Å². The second-order valence-corrected chi connectivity index (χ2v) is 3.88. The summed E-state index contributed by atoms with van der Waals surface area (Å²) in [5.41, 5.74) is 3.91. The average Bonchev–Trinajstić information content (AvgIpc) is 2.36. The van der Waals surface area contributed by atoms with Crippen LogP contribution in [0.5, 0.6) is 0 Å². The lowest BCUT2D eigenvalue weighted by Crippen LogP contribution is -2.18. The molecule has 0 fully saturated rings. The van der Waals surface area contributed by atoms with Crippen molar-refractivity contribution in [3.05, 3.63) is 41.2 Å². The fourth-order valence-electron chi connectivity index (χ4n) is 1.87. The van der Waals surface area contributed by atoms with Crippen LogP contribution in [0, 0.1) is 6.92 Å². The molecule has 0 aromatic carbocycles. The Morgan fingerprint density at radius 1 is 1.41 bits per heavy atom. The standard InChI is InChI=1S/C13H17N2OP/c1-5-9-11(7-3)14-10(6-2)8(4)12(9)13(16)15-17/h6-7H,2-3,5,17H2,1,4H3,(H,15,16). The Hall–Kier alpha value is -1.47. The van der Waals surface area contributed by atoms with E-state index in [1.54, 1.807) is 12.2 Å². The minimum absolute atomic E-state index is 0.127. The first-order valence-corrected chi connectivity index (χ1v) is 5.97. The number of carbonyl (C=O) groups excluding carboxylic acids is 1. The van der Waals surface area contributed by atoms with Gasteiger partial charge < -0.3 is 5.09 Å². The fourth-order valence-corrected chi connectivity index (χ4v) is 2.01. The second kappa shape index (κ2) is 5.74. The third kappa shape index (κ3) is 2.45. The van der Waals surface area contributed by atoms with Crippen LogP contribution in [0.25, 0.3) is 12.2 Å². The highest BCUT2D eigenvalue weighted by Gasteiger charge is 2.18. The predicted molar refractivity (Wildman–Crippen MR) is 75.7 cm³/mol.